The van der Waals surface area contributed by atoms with Crippen molar-refractivity contribution in [3.05, 3.63) is 117 Å². The van der Waals surface area contributed by atoms with E-state index in [-0.39, 0.29) is 34.5 Å². The molecule has 2 heterocycles. The quantitative estimate of drug-likeness (QED) is 0.222. The van der Waals surface area contributed by atoms with Crippen LogP contribution in [0.2, 0.25) is 0 Å². The summed E-state index contributed by atoms with van der Waals surface area (Å²) in [6.07, 6.45) is 8.14. The first-order valence-corrected chi connectivity index (χ1v) is 16.4. The zero-order chi connectivity index (χ0) is 33.6. The molecule has 2 aliphatic heterocycles. The van der Waals surface area contributed by atoms with Gasteiger partial charge in [-0.05, 0) is 70.2 Å². The number of benzene rings is 3. The summed E-state index contributed by atoms with van der Waals surface area (Å²) in [5.41, 5.74) is 9.20. The largest absolute Gasteiger partial charge is 0.269 e. The van der Waals surface area contributed by atoms with Gasteiger partial charge in [-0.1, -0.05) is 104 Å². The van der Waals surface area contributed by atoms with Gasteiger partial charge in [0.25, 0.3) is 23.6 Å². The first kappa shape index (κ1) is 32.8. The van der Waals surface area contributed by atoms with Crippen LogP contribution in [0.15, 0.2) is 72.8 Å². The molecular weight excluding hydrogens is 572 g/mol. The van der Waals surface area contributed by atoms with Crippen LogP contribution in [0.5, 0.6) is 0 Å². The predicted octanol–water partition coefficient (Wildman–Crippen LogP) is 7.45. The van der Waals surface area contributed by atoms with E-state index in [1.807, 2.05) is 0 Å². The lowest BCUT2D eigenvalue weighted by molar-refractivity contribution is -0.121. The topological polar surface area (TPSA) is 74.8 Å². The predicted molar refractivity (Wildman–Crippen MR) is 184 cm³/mol. The van der Waals surface area contributed by atoms with Crippen LogP contribution in [0.4, 0.5) is 11.4 Å². The van der Waals surface area contributed by atoms with Gasteiger partial charge in [-0.15, -0.1) is 0 Å². The van der Waals surface area contributed by atoms with Gasteiger partial charge in [-0.2, -0.15) is 0 Å². The van der Waals surface area contributed by atoms with Crippen molar-refractivity contribution in [2.75, 3.05) is 9.80 Å². The summed E-state index contributed by atoms with van der Waals surface area (Å²) in [5.74, 6) is -1.18. The molecule has 3 aromatic rings. The highest BCUT2D eigenvalue weighted by Gasteiger charge is 2.34. The molecule has 0 radical (unpaired) electrons. The van der Waals surface area contributed by atoms with Crippen LogP contribution in [0.3, 0.4) is 0 Å². The molecule has 0 spiro atoms. The standard InChI is InChI=1S/C40H44N2O4/c1-9-25-20-31(21-26(10-2)37(25)41-33(43)16-17-34(41)44)39(5,6)29-14-13-15-30(24-29)40(7,8)32-22-27(11-3)38(28(12-4)23-32)42-35(45)18-19-36(42)46/h13-24H,9-12H2,1-8H3. The lowest BCUT2D eigenvalue weighted by atomic mass is 9.72. The molecule has 0 bridgehead atoms. The van der Waals surface area contributed by atoms with Gasteiger partial charge in [0.1, 0.15) is 0 Å². The number of amides is 4. The molecule has 0 unspecified atom stereocenters. The minimum atomic E-state index is -0.369. The van der Waals surface area contributed by atoms with E-state index in [0.29, 0.717) is 25.7 Å². The van der Waals surface area contributed by atoms with E-state index in [2.05, 4.69) is 104 Å². The highest BCUT2D eigenvalue weighted by atomic mass is 16.2. The summed E-state index contributed by atoms with van der Waals surface area (Å²) >= 11 is 0. The Morgan fingerprint density at radius 1 is 0.457 bits per heavy atom. The van der Waals surface area contributed by atoms with Crippen molar-refractivity contribution in [3.8, 4) is 0 Å². The molecule has 0 saturated carbocycles. The molecule has 238 valence electrons. The van der Waals surface area contributed by atoms with Gasteiger partial charge in [-0.3, -0.25) is 19.2 Å². The molecule has 0 aromatic heterocycles. The first-order valence-electron chi connectivity index (χ1n) is 16.4. The second-order valence-electron chi connectivity index (χ2n) is 13.2. The van der Waals surface area contributed by atoms with E-state index in [1.54, 1.807) is 0 Å². The molecule has 3 aromatic carbocycles. The van der Waals surface area contributed by atoms with Crippen molar-refractivity contribution < 1.29 is 19.2 Å². The number of hydrogen-bond acceptors (Lipinski definition) is 4. The molecule has 0 atom stereocenters. The molecule has 0 saturated heterocycles. The van der Waals surface area contributed by atoms with Crippen molar-refractivity contribution in [1.29, 1.82) is 0 Å². The molecule has 2 aliphatic rings. The molecule has 6 nitrogen and oxygen atoms in total. The zero-order valence-corrected chi connectivity index (χ0v) is 28.3. The van der Waals surface area contributed by atoms with Gasteiger partial charge in [0.15, 0.2) is 0 Å². The number of carbonyl (C=O) groups excluding carboxylic acids is 4. The maximum atomic E-state index is 12.7. The van der Waals surface area contributed by atoms with E-state index in [4.69, 9.17) is 0 Å². The van der Waals surface area contributed by atoms with E-state index < -0.39 is 0 Å². The van der Waals surface area contributed by atoms with Crippen LogP contribution >= 0.6 is 0 Å². The van der Waals surface area contributed by atoms with Crippen molar-refractivity contribution in [2.24, 2.45) is 0 Å². The highest BCUT2D eigenvalue weighted by molar-refractivity contribution is 6.29. The van der Waals surface area contributed by atoms with Gasteiger partial charge >= 0.3 is 0 Å². The number of nitrogens with zero attached hydrogens (tertiary/aromatic N) is 2. The molecule has 46 heavy (non-hydrogen) atoms. The van der Waals surface area contributed by atoms with Gasteiger partial charge in [-0.25, -0.2) is 9.80 Å². The van der Waals surface area contributed by atoms with Crippen LogP contribution in [0.1, 0.15) is 99.9 Å². The Hall–Kier alpha value is -4.58. The zero-order valence-electron chi connectivity index (χ0n) is 28.3. The van der Waals surface area contributed by atoms with Crippen LogP contribution in [-0.4, -0.2) is 23.6 Å². The van der Waals surface area contributed by atoms with E-state index >= 15 is 0 Å². The average molecular weight is 617 g/mol. The Morgan fingerprint density at radius 3 is 1.00 bits per heavy atom. The number of hydrogen-bond donors (Lipinski definition) is 0. The van der Waals surface area contributed by atoms with Gasteiger partial charge in [0, 0.05) is 35.1 Å². The maximum absolute atomic E-state index is 12.7. The van der Waals surface area contributed by atoms with Crippen molar-refractivity contribution in [1.82, 2.24) is 0 Å². The molecule has 0 N–H and O–H groups in total. The summed E-state index contributed by atoms with van der Waals surface area (Å²) in [6.45, 7) is 17.1. The summed E-state index contributed by atoms with van der Waals surface area (Å²) in [5, 5.41) is 0. The van der Waals surface area contributed by atoms with E-state index in [1.165, 1.54) is 34.1 Å². The normalized spacial score (nSPS) is 15.2. The second kappa shape index (κ2) is 12.3. The maximum Gasteiger partial charge on any atom is 0.258 e. The van der Waals surface area contributed by atoms with Crippen molar-refractivity contribution in [2.45, 2.75) is 91.9 Å². The molecule has 4 amide bonds. The fraction of sp³-hybridized carbons (Fsp3) is 0.350. The molecule has 5 rings (SSSR count). The first-order chi connectivity index (χ1) is 21.8. The van der Waals surface area contributed by atoms with Crippen LogP contribution in [0.25, 0.3) is 0 Å². The Morgan fingerprint density at radius 2 is 0.739 bits per heavy atom. The van der Waals surface area contributed by atoms with Crippen LogP contribution in [0, 0.1) is 0 Å². The van der Waals surface area contributed by atoms with Crippen LogP contribution in [-0.2, 0) is 55.7 Å². The van der Waals surface area contributed by atoms with E-state index in [9.17, 15) is 19.2 Å². The molecular formula is C40H44N2O4. The minimum absolute atomic E-state index is 0.294. The van der Waals surface area contributed by atoms with Crippen molar-refractivity contribution in [3.63, 3.8) is 0 Å². The third-order valence-corrected chi connectivity index (χ3v) is 9.87. The summed E-state index contributed by atoms with van der Waals surface area (Å²) in [7, 11) is 0. The Labute approximate surface area is 272 Å². The lowest BCUT2D eigenvalue weighted by Gasteiger charge is -2.33. The van der Waals surface area contributed by atoms with E-state index in [0.717, 1.165) is 55.9 Å². The fourth-order valence-electron chi connectivity index (χ4n) is 6.77. The minimum Gasteiger partial charge on any atom is -0.269 e. The Balaban J connectivity index is 1.57. The van der Waals surface area contributed by atoms with Gasteiger partial charge in [0.2, 0.25) is 0 Å². The lowest BCUT2D eigenvalue weighted by Crippen LogP contribution is -2.32. The van der Waals surface area contributed by atoms with Gasteiger partial charge < -0.3 is 0 Å². The SMILES string of the molecule is CCc1cc(C(C)(C)c2cccc(C(C)(C)c3cc(CC)c(N4C(=O)C=CC4=O)c(CC)c3)c2)cc(CC)c1N1C(=O)C=CC1=O. The Bertz CT molecular complexity index is 1610. The molecule has 6 heteroatoms. The number of aryl methyl sites for hydroxylation is 4. The third-order valence-electron chi connectivity index (χ3n) is 9.87. The average Bonchev–Trinajstić information content (AvgIpc) is 3.57. The van der Waals surface area contributed by atoms with Gasteiger partial charge in [0.05, 0.1) is 11.4 Å². The number of rotatable bonds is 10. The number of anilines is 2. The fourth-order valence-corrected chi connectivity index (χ4v) is 6.77. The molecule has 0 fully saturated rings. The summed E-state index contributed by atoms with van der Waals surface area (Å²) < 4.78 is 0. The second-order valence-corrected chi connectivity index (χ2v) is 13.2. The van der Waals surface area contributed by atoms with Crippen molar-refractivity contribution >= 4 is 35.0 Å². The monoisotopic (exact) mass is 616 g/mol. The number of carbonyl (C=O) groups is 4. The van der Waals surface area contributed by atoms with Crippen LogP contribution < -0.4 is 9.80 Å². The summed E-state index contributed by atoms with van der Waals surface area (Å²) in [4.78, 5) is 53.2. The summed E-state index contributed by atoms with van der Waals surface area (Å²) in [6, 6.07) is 17.3. The highest BCUT2D eigenvalue weighted by Crippen LogP contribution is 2.42. The third kappa shape index (κ3) is 5.44. The Kier molecular flexibility index (Phi) is 8.78. The number of imide groups is 2. The smallest absolute Gasteiger partial charge is 0.258 e. The molecule has 0 aliphatic carbocycles.